The summed E-state index contributed by atoms with van der Waals surface area (Å²) in [5, 5.41) is 22.8. The molecule has 0 radical (unpaired) electrons. The van der Waals surface area contributed by atoms with E-state index in [0.717, 1.165) is 24.2 Å². The molecule has 0 aliphatic carbocycles. The Labute approximate surface area is 230 Å². The highest BCUT2D eigenvalue weighted by Gasteiger charge is 2.34. The van der Waals surface area contributed by atoms with Crippen LogP contribution in [0.15, 0.2) is 63.1 Å². The first kappa shape index (κ1) is 29.2. The van der Waals surface area contributed by atoms with Gasteiger partial charge in [0.2, 0.25) is 17.7 Å². The fourth-order valence-corrected chi connectivity index (χ4v) is 4.65. The van der Waals surface area contributed by atoms with E-state index in [-0.39, 0.29) is 23.1 Å². The van der Waals surface area contributed by atoms with Gasteiger partial charge in [0.25, 0.3) is 11.5 Å². The third kappa shape index (κ3) is 8.32. The molecule has 204 valence electrons. The van der Waals surface area contributed by atoms with Crippen molar-refractivity contribution in [2.24, 2.45) is 4.99 Å². The Hall–Kier alpha value is -4.36. The first-order valence-electron chi connectivity index (χ1n) is 11.3. The SMILES string of the molecule is CC(=O)O.Cc1ccc(NC(=O)CC2SC(=NC(c3cccc(Cl)c3)c3c(O)[nH]c(=O)[nH]c3=O)NC2=O)cc1. The van der Waals surface area contributed by atoms with Gasteiger partial charge in [0, 0.05) is 24.1 Å². The number of aromatic nitrogens is 2. The third-order valence-electron chi connectivity index (χ3n) is 5.13. The average Bonchev–Trinajstić information content (AvgIpc) is 3.17. The van der Waals surface area contributed by atoms with Crippen molar-refractivity contribution in [1.29, 1.82) is 0 Å². The number of aromatic amines is 2. The van der Waals surface area contributed by atoms with E-state index < -0.39 is 40.3 Å². The molecule has 1 aliphatic heterocycles. The van der Waals surface area contributed by atoms with E-state index in [1.54, 1.807) is 36.4 Å². The van der Waals surface area contributed by atoms with Gasteiger partial charge < -0.3 is 20.8 Å². The summed E-state index contributed by atoms with van der Waals surface area (Å²) >= 11 is 7.13. The first-order chi connectivity index (χ1) is 18.4. The van der Waals surface area contributed by atoms with Crippen LogP contribution in [0.2, 0.25) is 5.02 Å². The van der Waals surface area contributed by atoms with E-state index in [9.17, 15) is 24.3 Å². The molecule has 4 rings (SSSR count). The molecule has 3 aromatic rings. The maximum absolute atomic E-state index is 12.5. The zero-order valence-corrected chi connectivity index (χ0v) is 22.2. The molecule has 6 N–H and O–H groups in total. The van der Waals surface area contributed by atoms with Crippen molar-refractivity contribution in [1.82, 2.24) is 15.3 Å². The minimum atomic E-state index is -1.10. The van der Waals surface area contributed by atoms with E-state index in [1.807, 2.05) is 19.1 Å². The van der Waals surface area contributed by atoms with E-state index in [0.29, 0.717) is 16.3 Å². The van der Waals surface area contributed by atoms with Crippen LogP contribution in [0.5, 0.6) is 5.88 Å². The minimum absolute atomic E-state index is 0.101. The van der Waals surface area contributed by atoms with Crippen LogP contribution < -0.4 is 21.9 Å². The Balaban J connectivity index is 0.000000983. The quantitative estimate of drug-likeness (QED) is 0.259. The molecule has 0 bridgehead atoms. The number of amides is 2. The van der Waals surface area contributed by atoms with Crippen LogP contribution in [0.4, 0.5) is 5.69 Å². The fourth-order valence-electron chi connectivity index (χ4n) is 3.46. The van der Waals surface area contributed by atoms with Crippen molar-refractivity contribution in [3.05, 3.63) is 91.1 Å². The van der Waals surface area contributed by atoms with Gasteiger partial charge in [-0.05, 0) is 36.8 Å². The Morgan fingerprint density at radius 1 is 1.13 bits per heavy atom. The number of aromatic hydroxyl groups is 1. The molecular formula is C25H24ClN5O7S. The second-order valence-electron chi connectivity index (χ2n) is 8.30. The van der Waals surface area contributed by atoms with Crippen LogP contribution in [0.3, 0.4) is 0 Å². The molecule has 1 aromatic heterocycles. The zero-order chi connectivity index (χ0) is 28.7. The van der Waals surface area contributed by atoms with Crippen LogP contribution in [0.25, 0.3) is 0 Å². The Kier molecular flexibility index (Phi) is 9.68. The number of aryl methyl sites for hydroxylation is 1. The van der Waals surface area contributed by atoms with Crippen LogP contribution in [-0.2, 0) is 14.4 Å². The molecular weight excluding hydrogens is 550 g/mol. The second kappa shape index (κ2) is 12.9. The second-order valence-corrected chi connectivity index (χ2v) is 9.92. The predicted octanol–water partition coefficient (Wildman–Crippen LogP) is 2.53. The van der Waals surface area contributed by atoms with Gasteiger partial charge in [0.1, 0.15) is 16.9 Å². The van der Waals surface area contributed by atoms with Gasteiger partial charge in [-0.25, -0.2) is 9.79 Å². The number of nitrogens with zero attached hydrogens (tertiary/aromatic N) is 1. The topological polar surface area (TPSA) is 194 Å². The van der Waals surface area contributed by atoms with Crippen molar-refractivity contribution in [2.45, 2.75) is 31.6 Å². The number of nitrogens with one attached hydrogen (secondary N) is 4. The summed E-state index contributed by atoms with van der Waals surface area (Å²) in [5.41, 5.74) is 0.159. The molecule has 2 aromatic carbocycles. The smallest absolute Gasteiger partial charge is 0.328 e. The van der Waals surface area contributed by atoms with Crippen LogP contribution in [0.1, 0.15) is 36.1 Å². The maximum Gasteiger partial charge on any atom is 0.328 e. The molecule has 1 fully saturated rings. The highest BCUT2D eigenvalue weighted by atomic mass is 35.5. The highest BCUT2D eigenvalue weighted by molar-refractivity contribution is 8.15. The summed E-state index contributed by atoms with van der Waals surface area (Å²) in [6, 6.07) is 12.6. The molecule has 14 heteroatoms. The number of aliphatic imine (C=N–C) groups is 1. The summed E-state index contributed by atoms with van der Waals surface area (Å²) in [5.74, 6) is -2.25. The van der Waals surface area contributed by atoms with Gasteiger partial charge in [-0.2, -0.15) is 0 Å². The third-order valence-corrected chi connectivity index (χ3v) is 6.46. The predicted molar refractivity (Wildman–Crippen MR) is 147 cm³/mol. The number of hydrogen-bond acceptors (Lipinski definition) is 8. The summed E-state index contributed by atoms with van der Waals surface area (Å²) in [4.78, 5) is 66.7. The molecule has 2 atom stereocenters. The lowest BCUT2D eigenvalue weighted by Gasteiger charge is -2.14. The number of thioether (sulfide) groups is 1. The van der Waals surface area contributed by atoms with E-state index >= 15 is 0 Å². The first-order valence-corrected chi connectivity index (χ1v) is 12.6. The molecule has 2 unspecified atom stereocenters. The maximum atomic E-state index is 12.5. The number of amidine groups is 1. The highest BCUT2D eigenvalue weighted by Crippen LogP contribution is 2.32. The van der Waals surface area contributed by atoms with Gasteiger partial charge in [-0.3, -0.25) is 29.1 Å². The van der Waals surface area contributed by atoms with Gasteiger partial charge in [-0.1, -0.05) is 53.2 Å². The number of carbonyl (C=O) groups is 3. The Morgan fingerprint density at radius 2 is 1.79 bits per heavy atom. The molecule has 1 saturated heterocycles. The van der Waals surface area contributed by atoms with E-state index in [2.05, 4.69) is 25.6 Å². The number of carboxylic acids is 1. The average molecular weight is 574 g/mol. The van der Waals surface area contributed by atoms with Crippen molar-refractivity contribution in [3.8, 4) is 5.88 Å². The summed E-state index contributed by atoms with van der Waals surface area (Å²) in [6.07, 6.45) is -0.101. The standard InChI is InChI=1S/C23H20ClN5O5S.C2H4O2/c1-11-5-7-14(8-6-11)25-16(30)10-15-19(31)29-23(35-15)26-18(12-3-2-4-13(24)9-12)17-20(32)27-22(34)28-21(17)33;1-2(3)4/h2-9,15,18H,10H2,1H3,(H,25,30)(H,26,29,31)(H3,27,28,32,33,34);1H3,(H,3,4). The van der Waals surface area contributed by atoms with Crippen molar-refractivity contribution < 1.29 is 24.6 Å². The zero-order valence-electron chi connectivity index (χ0n) is 20.6. The fraction of sp³-hybridized carbons (Fsp3) is 0.200. The van der Waals surface area contributed by atoms with Crippen molar-refractivity contribution >= 4 is 52.0 Å². The number of aliphatic carboxylic acids is 1. The molecule has 12 nitrogen and oxygen atoms in total. The van der Waals surface area contributed by atoms with Gasteiger partial charge in [0.05, 0.1) is 0 Å². The lowest BCUT2D eigenvalue weighted by molar-refractivity contribution is -0.134. The monoisotopic (exact) mass is 573 g/mol. The van der Waals surface area contributed by atoms with Gasteiger partial charge >= 0.3 is 5.69 Å². The Morgan fingerprint density at radius 3 is 2.41 bits per heavy atom. The van der Waals surface area contributed by atoms with Crippen molar-refractivity contribution in [3.63, 3.8) is 0 Å². The number of H-pyrrole nitrogens is 2. The van der Waals surface area contributed by atoms with E-state index in [1.165, 1.54) is 0 Å². The van der Waals surface area contributed by atoms with Gasteiger partial charge in [-0.15, -0.1) is 0 Å². The van der Waals surface area contributed by atoms with E-state index in [4.69, 9.17) is 21.5 Å². The lowest BCUT2D eigenvalue weighted by Crippen LogP contribution is -2.29. The van der Waals surface area contributed by atoms with Crippen LogP contribution >= 0.6 is 23.4 Å². The molecule has 0 spiro atoms. The molecule has 39 heavy (non-hydrogen) atoms. The van der Waals surface area contributed by atoms with Crippen LogP contribution in [-0.4, -0.2) is 48.4 Å². The number of benzene rings is 2. The molecule has 0 saturated carbocycles. The lowest BCUT2D eigenvalue weighted by atomic mass is 10.0. The summed E-state index contributed by atoms with van der Waals surface area (Å²) < 4.78 is 0. The summed E-state index contributed by atoms with van der Waals surface area (Å²) in [7, 11) is 0. The number of carboxylic acid groups (broad SMARTS) is 1. The molecule has 2 amide bonds. The normalized spacial score (nSPS) is 16.1. The number of carbonyl (C=O) groups excluding carboxylic acids is 2. The minimum Gasteiger partial charge on any atom is -0.494 e. The van der Waals surface area contributed by atoms with Crippen molar-refractivity contribution in [2.75, 3.05) is 5.32 Å². The number of halogens is 1. The van der Waals surface area contributed by atoms with Gasteiger partial charge in [0.15, 0.2) is 5.17 Å². The number of hydrogen-bond donors (Lipinski definition) is 6. The Bertz CT molecular complexity index is 1530. The number of rotatable bonds is 6. The molecule has 2 heterocycles. The number of anilines is 1. The largest absolute Gasteiger partial charge is 0.494 e. The molecule has 1 aliphatic rings. The summed E-state index contributed by atoms with van der Waals surface area (Å²) in [6.45, 7) is 3.02. The van der Waals surface area contributed by atoms with Crippen LogP contribution in [0, 0.1) is 6.92 Å².